The van der Waals surface area contributed by atoms with Gasteiger partial charge in [0, 0.05) is 31.3 Å². The summed E-state index contributed by atoms with van der Waals surface area (Å²) in [6.07, 6.45) is 0.647. The number of aromatic nitrogens is 3. The number of amides is 1. The van der Waals surface area contributed by atoms with Gasteiger partial charge in [0.05, 0.1) is 18.7 Å². The van der Waals surface area contributed by atoms with Crippen LogP contribution in [0.1, 0.15) is 46.0 Å². The lowest BCUT2D eigenvalue weighted by Gasteiger charge is -2.25. The highest BCUT2D eigenvalue weighted by Crippen LogP contribution is 2.29. The third-order valence-corrected chi connectivity index (χ3v) is 5.27. The Morgan fingerprint density at radius 1 is 1.32 bits per heavy atom. The van der Waals surface area contributed by atoms with E-state index in [9.17, 15) is 4.79 Å². The highest BCUT2D eigenvalue weighted by molar-refractivity contribution is 5.79. The Balaban J connectivity index is 1.51. The van der Waals surface area contributed by atoms with Crippen LogP contribution < -0.4 is 0 Å². The molecule has 1 amide bonds. The number of fused-ring (bicyclic) bond motifs is 1. The molecule has 1 atom stereocenters. The van der Waals surface area contributed by atoms with Gasteiger partial charge in [-0.3, -0.25) is 9.89 Å². The largest absolute Gasteiger partial charge is 0.442 e. The molecule has 0 bridgehead atoms. The van der Waals surface area contributed by atoms with Gasteiger partial charge >= 0.3 is 0 Å². The van der Waals surface area contributed by atoms with E-state index in [1.54, 1.807) is 7.11 Å². The first-order valence-electron chi connectivity index (χ1n) is 9.41. The molecule has 3 aromatic rings. The topological polar surface area (TPSA) is 84.2 Å². The van der Waals surface area contributed by atoms with Crippen LogP contribution >= 0.6 is 0 Å². The molecule has 0 radical (unpaired) electrons. The second-order valence-electron chi connectivity index (χ2n) is 7.10. The molecule has 28 heavy (non-hydrogen) atoms. The number of nitrogens with one attached hydrogen (secondary N) is 1. The van der Waals surface area contributed by atoms with Crippen molar-refractivity contribution in [3.8, 4) is 0 Å². The summed E-state index contributed by atoms with van der Waals surface area (Å²) in [6, 6.07) is 9.87. The zero-order valence-electron chi connectivity index (χ0n) is 16.4. The van der Waals surface area contributed by atoms with Crippen LogP contribution in [0.25, 0.3) is 0 Å². The van der Waals surface area contributed by atoms with Gasteiger partial charge in [-0.25, -0.2) is 4.98 Å². The lowest BCUT2D eigenvalue weighted by molar-refractivity contribution is -0.131. The number of carbonyl (C=O) groups excluding carboxylic acids is 1. The molecule has 1 aliphatic rings. The predicted molar refractivity (Wildman–Crippen MR) is 103 cm³/mol. The molecule has 0 saturated carbocycles. The van der Waals surface area contributed by atoms with Crippen LogP contribution in [0.15, 0.2) is 34.7 Å². The number of nitrogens with zero attached hydrogens (tertiary/aromatic N) is 3. The number of H-pyrrole nitrogens is 1. The third-order valence-electron chi connectivity index (χ3n) is 5.27. The molecule has 0 aliphatic carbocycles. The van der Waals surface area contributed by atoms with E-state index in [0.29, 0.717) is 31.8 Å². The van der Waals surface area contributed by atoms with Gasteiger partial charge in [-0.15, -0.1) is 0 Å². The van der Waals surface area contributed by atoms with Gasteiger partial charge in [0.15, 0.2) is 6.10 Å². The summed E-state index contributed by atoms with van der Waals surface area (Å²) in [4.78, 5) is 19.3. The lowest BCUT2D eigenvalue weighted by atomic mass is 10.1. The first kappa shape index (κ1) is 18.4. The molecule has 3 heterocycles. The van der Waals surface area contributed by atoms with Gasteiger partial charge in [0.1, 0.15) is 11.5 Å². The molecule has 2 aromatic heterocycles. The van der Waals surface area contributed by atoms with Crippen LogP contribution in [0, 0.1) is 13.8 Å². The number of carbonyl (C=O) groups is 1. The van der Waals surface area contributed by atoms with Crippen molar-refractivity contribution in [1.82, 2.24) is 20.1 Å². The van der Waals surface area contributed by atoms with Crippen LogP contribution in [0.4, 0.5) is 0 Å². The normalized spacial score (nSPS) is 14.8. The Labute approximate surface area is 163 Å². The van der Waals surface area contributed by atoms with E-state index in [2.05, 4.69) is 15.2 Å². The van der Waals surface area contributed by atoms with Gasteiger partial charge in [-0.05, 0) is 19.4 Å². The minimum absolute atomic E-state index is 0.0779. The van der Waals surface area contributed by atoms with Gasteiger partial charge in [0.2, 0.25) is 11.8 Å². The molecular weight excluding hydrogens is 356 g/mol. The van der Waals surface area contributed by atoms with Crippen LogP contribution in [-0.2, 0) is 28.9 Å². The van der Waals surface area contributed by atoms with E-state index in [-0.39, 0.29) is 12.0 Å². The van der Waals surface area contributed by atoms with Crippen molar-refractivity contribution in [3.63, 3.8) is 0 Å². The predicted octanol–water partition coefficient (Wildman–Crippen LogP) is 2.88. The molecule has 4 rings (SSSR count). The SMILES string of the molecule is COC(c1ccccc1)c1nc2c(o1)CCN(C(=O)Cc1c(C)n[nH]c1C)C2. The Morgan fingerprint density at radius 2 is 2.11 bits per heavy atom. The maximum Gasteiger partial charge on any atom is 0.228 e. The van der Waals surface area contributed by atoms with E-state index >= 15 is 0 Å². The molecule has 1 N–H and O–H groups in total. The van der Waals surface area contributed by atoms with E-state index in [4.69, 9.17) is 9.15 Å². The first-order chi connectivity index (χ1) is 13.6. The molecule has 7 heteroatoms. The number of ether oxygens (including phenoxy) is 1. The van der Waals surface area contributed by atoms with Gasteiger partial charge in [-0.1, -0.05) is 30.3 Å². The molecule has 0 spiro atoms. The minimum atomic E-state index is -0.354. The number of aryl methyl sites for hydroxylation is 2. The molecule has 0 fully saturated rings. The van der Waals surface area contributed by atoms with Crippen molar-refractivity contribution in [2.75, 3.05) is 13.7 Å². The van der Waals surface area contributed by atoms with Crippen molar-refractivity contribution in [1.29, 1.82) is 0 Å². The number of hydrogen-bond acceptors (Lipinski definition) is 5. The molecule has 1 aromatic carbocycles. The zero-order valence-corrected chi connectivity index (χ0v) is 16.4. The zero-order chi connectivity index (χ0) is 19.7. The maximum atomic E-state index is 12.8. The fraction of sp³-hybridized carbons (Fsp3) is 0.381. The Kier molecular flexibility index (Phi) is 5.00. The summed E-state index contributed by atoms with van der Waals surface area (Å²) in [7, 11) is 1.65. The highest BCUT2D eigenvalue weighted by atomic mass is 16.5. The fourth-order valence-electron chi connectivity index (χ4n) is 3.65. The Hall–Kier alpha value is -2.93. The van der Waals surface area contributed by atoms with Crippen LogP contribution in [0.2, 0.25) is 0 Å². The molecule has 1 unspecified atom stereocenters. The molecule has 0 saturated heterocycles. The number of oxazole rings is 1. The summed E-state index contributed by atoms with van der Waals surface area (Å²) in [5.41, 5.74) is 4.59. The maximum absolute atomic E-state index is 12.8. The van der Waals surface area contributed by atoms with Gasteiger partial charge in [0.25, 0.3) is 0 Å². The van der Waals surface area contributed by atoms with E-state index in [1.807, 2.05) is 49.1 Å². The average molecular weight is 380 g/mol. The summed E-state index contributed by atoms with van der Waals surface area (Å²) in [5.74, 6) is 1.45. The van der Waals surface area contributed by atoms with Crippen molar-refractivity contribution in [2.24, 2.45) is 0 Å². The second kappa shape index (κ2) is 7.59. The van der Waals surface area contributed by atoms with E-state index in [1.165, 1.54) is 0 Å². The monoisotopic (exact) mass is 380 g/mol. The van der Waals surface area contributed by atoms with E-state index in [0.717, 1.165) is 34.0 Å². The number of hydrogen-bond donors (Lipinski definition) is 1. The summed E-state index contributed by atoms with van der Waals surface area (Å²) in [6.45, 7) is 4.94. The Morgan fingerprint density at radius 3 is 2.79 bits per heavy atom. The van der Waals surface area contributed by atoms with Crippen molar-refractivity contribution in [3.05, 3.63) is 70.2 Å². The quantitative estimate of drug-likeness (QED) is 0.736. The Bertz CT molecular complexity index is 957. The molecule has 146 valence electrons. The lowest BCUT2D eigenvalue weighted by Crippen LogP contribution is -2.36. The van der Waals surface area contributed by atoms with Crippen LogP contribution in [-0.4, -0.2) is 39.6 Å². The number of rotatable bonds is 5. The second-order valence-corrected chi connectivity index (χ2v) is 7.10. The smallest absolute Gasteiger partial charge is 0.228 e. The summed E-state index contributed by atoms with van der Waals surface area (Å²) < 4.78 is 11.6. The molecule has 1 aliphatic heterocycles. The highest BCUT2D eigenvalue weighted by Gasteiger charge is 2.29. The van der Waals surface area contributed by atoms with Gasteiger partial charge in [-0.2, -0.15) is 5.10 Å². The first-order valence-corrected chi connectivity index (χ1v) is 9.41. The summed E-state index contributed by atoms with van der Waals surface area (Å²) in [5, 5.41) is 7.11. The van der Waals surface area contributed by atoms with Crippen molar-refractivity contribution < 1.29 is 13.9 Å². The fourth-order valence-corrected chi connectivity index (χ4v) is 3.65. The molecular formula is C21H24N4O3. The number of aromatic amines is 1. The van der Waals surface area contributed by atoms with Crippen LogP contribution in [0.3, 0.4) is 0 Å². The van der Waals surface area contributed by atoms with Crippen molar-refractivity contribution in [2.45, 2.75) is 39.3 Å². The van der Waals surface area contributed by atoms with Gasteiger partial charge < -0.3 is 14.1 Å². The van der Waals surface area contributed by atoms with Crippen LogP contribution in [0.5, 0.6) is 0 Å². The average Bonchev–Trinajstić information content (AvgIpc) is 3.27. The number of benzene rings is 1. The molecule has 7 nitrogen and oxygen atoms in total. The van der Waals surface area contributed by atoms with Crippen molar-refractivity contribution >= 4 is 5.91 Å². The van der Waals surface area contributed by atoms with E-state index < -0.39 is 0 Å². The standard InChI is InChI=1S/C21H24N4O3/c1-13-16(14(2)24-23-13)11-19(26)25-10-9-18-17(12-25)22-21(28-18)20(27-3)15-7-5-4-6-8-15/h4-8,20H,9-12H2,1-3H3,(H,23,24). The number of methoxy groups -OCH3 is 1. The third kappa shape index (κ3) is 3.45. The minimum Gasteiger partial charge on any atom is -0.442 e. The summed E-state index contributed by atoms with van der Waals surface area (Å²) >= 11 is 0.